The zero-order valence-electron chi connectivity index (χ0n) is 14.7. The van der Waals surface area contributed by atoms with Gasteiger partial charge in [0.1, 0.15) is 29.1 Å². The van der Waals surface area contributed by atoms with Crippen molar-refractivity contribution in [2.75, 3.05) is 7.11 Å². The van der Waals surface area contributed by atoms with Crippen LogP contribution in [0.25, 0.3) is 11.0 Å². The molecule has 140 valence electrons. The first-order valence-corrected chi connectivity index (χ1v) is 8.27. The molecule has 2 aromatic carbocycles. The molecule has 0 unspecified atom stereocenters. The Balaban J connectivity index is 1.61. The highest BCUT2D eigenvalue weighted by molar-refractivity contribution is 5.89. The Hall–Kier alpha value is -4.00. The molecule has 0 spiro atoms. The number of carbonyl (C=O) groups is 1. The monoisotopic (exact) mass is 378 g/mol. The van der Waals surface area contributed by atoms with E-state index in [1.54, 1.807) is 37.4 Å². The minimum absolute atomic E-state index is 0.0288. The third kappa shape index (κ3) is 3.45. The van der Waals surface area contributed by atoms with Crippen LogP contribution in [0.5, 0.6) is 23.0 Å². The highest BCUT2D eigenvalue weighted by Gasteiger charge is 2.14. The SMILES string of the molecule is COc1cccc(Oc2coc3cc(OC(=O)c4ccco4)ccc3c2=O)c1. The van der Waals surface area contributed by atoms with E-state index >= 15 is 0 Å². The molecule has 0 amide bonds. The van der Waals surface area contributed by atoms with Crippen LogP contribution >= 0.6 is 0 Å². The molecule has 0 aliphatic heterocycles. The van der Waals surface area contributed by atoms with Gasteiger partial charge in [-0.05, 0) is 36.4 Å². The molecule has 0 saturated carbocycles. The van der Waals surface area contributed by atoms with E-state index in [0.29, 0.717) is 11.5 Å². The predicted octanol–water partition coefficient (Wildman–Crippen LogP) is 4.41. The van der Waals surface area contributed by atoms with Gasteiger partial charge in [-0.15, -0.1) is 0 Å². The average Bonchev–Trinajstić information content (AvgIpc) is 3.25. The molecule has 0 fully saturated rings. The van der Waals surface area contributed by atoms with E-state index in [-0.39, 0.29) is 33.7 Å². The van der Waals surface area contributed by atoms with E-state index < -0.39 is 5.97 Å². The van der Waals surface area contributed by atoms with Crippen LogP contribution in [0.2, 0.25) is 0 Å². The Morgan fingerprint density at radius 1 is 0.929 bits per heavy atom. The maximum absolute atomic E-state index is 12.7. The maximum Gasteiger partial charge on any atom is 0.379 e. The number of methoxy groups -OCH3 is 1. The lowest BCUT2D eigenvalue weighted by Crippen LogP contribution is -2.08. The molecule has 0 radical (unpaired) electrons. The summed E-state index contributed by atoms with van der Waals surface area (Å²) in [5, 5.41) is 0.290. The molecule has 7 nitrogen and oxygen atoms in total. The minimum atomic E-state index is -0.648. The summed E-state index contributed by atoms with van der Waals surface area (Å²) in [6, 6.07) is 14.4. The predicted molar refractivity (Wildman–Crippen MR) is 99.2 cm³/mol. The maximum atomic E-state index is 12.7. The number of ether oxygens (including phenoxy) is 3. The Labute approximate surface area is 158 Å². The van der Waals surface area contributed by atoms with Crippen LogP contribution in [-0.4, -0.2) is 13.1 Å². The van der Waals surface area contributed by atoms with Gasteiger partial charge in [0.15, 0.2) is 0 Å². The number of hydrogen-bond donors (Lipinski definition) is 0. The second-order valence-corrected chi connectivity index (χ2v) is 5.73. The minimum Gasteiger partial charge on any atom is -0.497 e. The smallest absolute Gasteiger partial charge is 0.379 e. The van der Waals surface area contributed by atoms with Crippen molar-refractivity contribution < 1.29 is 27.8 Å². The van der Waals surface area contributed by atoms with Crippen LogP contribution in [0.15, 0.2) is 80.8 Å². The molecule has 2 aromatic heterocycles. The largest absolute Gasteiger partial charge is 0.497 e. The quantitative estimate of drug-likeness (QED) is 0.375. The second kappa shape index (κ2) is 7.32. The molecular formula is C21H14O7. The summed E-state index contributed by atoms with van der Waals surface area (Å²) in [6.45, 7) is 0. The van der Waals surface area contributed by atoms with Crippen molar-refractivity contribution in [1.82, 2.24) is 0 Å². The number of benzene rings is 2. The molecular weight excluding hydrogens is 364 g/mol. The fourth-order valence-electron chi connectivity index (χ4n) is 2.57. The van der Waals surface area contributed by atoms with Gasteiger partial charge in [0.25, 0.3) is 0 Å². The van der Waals surface area contributed by atoms with Gasteiger partial charge in [0.05, 0.1) is 18.8 Å². The third-order valence-corrected chi connectivity index (χ3v) is 3.92. The van der Waals surface area contributed by atoms with Gasteiger partial charge in [0, 0.05) is 12.1 Å². The number of furan rings is 1. The molecule has 4 aromatic rings. The lowest BCUT2D eigenvalue weighted by molar-refractivity contribution is 0.0701. The first kappa shape index (κ1) is 17.4. The van der Waals surface area contributed by atoms with Gasteiger partial charge in [-0.2, -0.15) is 0 Å². The van der Waals surface area contributed by atoms with Crippen LogP contribution in [0, 0.1) is 0 Å². The van der Waals surface area contributed by atoms with Crippen molar-refractivity contribution >= 4 is 16.9 Å². The van der Waals surface area contributed by atoms with Crippen molar-refractivity contribution in [2.24, 2.45) is 0 Å². The van der Waals surface area contributed by atoms with Gasteiger partial charge in [-0.25, -0.2) is 4.79 Å². The van der Waals surface area contributed by atoms with Crippen molar-refractivity contribution in [3.05, 3.63) is 83.1 Å². The molecule has 0 saturated heterocycles. The van der Waals surface area contributed by atoms with Gasteiger partial charge < -0.3 is 23.0 Å². The van der Waals surface area contributed by atoms with E-state index in [0.717, 1.165) is 0 Å². The Morgan fingerprint density at radius 3 is 2.57 bits per heavy atom. The normalized spacial score (nSPS) is 10.6. The molecule has 7 heteroatoms. The van der Waals surface area contributed by atoms with E-state index in [2.05, 4.69) is 0 Å². The summed E-state index contributed by atoms with van der Waals surface area (Å²) in [5.74, 6) is 0.716. The Morgan fingerprint density at radius 2 is 1.79 bits per heavy atom. The van der Waals surface area contributed by atoms with Crippen molar-refractivity contribution in [3.63, 3.8) is 0 Å². The molecule has 0 bridgehead atoms. The molecule has 4 rings (SSSR count). The van der Waals surface area contributed by atoms with Crippen molar-refractivity contribution in [3.8, 4) is 23.0 Å². The Kier molecular flexibility index (Phi) is 4.55. The van der Waals surface area contributed by atoms with E-state index in [4.69, 9.17) is 23.0 Å². The molecule has 0 aliphatic rings. The lowest BCUT2D eigenvalue weighted by atomic mass is 10.2. The third-order valence-electron chi connectivity index (χ3n) is 3.92. The summed E-state index contributed by atoms with van der Waals surface area (Å²) in [6.07, 6.45) is 2.59. The van der Waals surface area contributed by atoms with Crippen LogP contribution in [0.1, 0.15) is 10.6 Å². The van der Waals surface area contributed by atoms with Crippen LogP contribution in [0.3, 0.4) is 0 Å². The van der Waals surface area contributed by atoms with Crippen LogP contribution < -0.4 is 19.6 Å². The number of carbonyl (C=O) groups excluding carboxylic acids is 1. The van der Waals surface area contributed by atoms with Crippen LogP contribution in [-0.2, 0) is 0 Å². The number of hydrogen-bond acceptors (Lipinski definition) is 7. The fraction of sp³-hybridized carbons (Fsp3) is 0.0476. The van der Waals surface area contributed by atoms with Gasteiger partial charge >= 0.3 is 5.97 Å². The zero-order valence-corrected chi connectivity index (χ0v) is 14.7. The fourth-order valence-corrected chi connectivity index (χ4v) is 2.57. The lowest BCUT2D eigenvalue weighted by Gasteiger charge is -2.08. The topological polar surface area (TPSA) is 88.1 Å². The molecule has 0 N–H and O–H groups in total. The summed E-state index contributed by atoms with van der Waals surface area (Å²) in [4.78, 5) is 24.6. The highest BCUT2D eigenvalue weighted by atomic mass is 16.5. The molecule has 0 atom stereocenters. The van der Waals surface area contributed by atoms with Gasteiger partial charge in [0.2, 0.25) is 16.9 Å². The van der Waals surface area contributed by atoms with Crippen LogP contribution in [0.4, 0.5) is 0 Å². The van der Waals surface area contributed by atoms with E-state index in [9.17, 15) is 9.59 Å². The zero-order chi connectivity index (χ0) is 19.5. The van der Waals surface area contributed by atoms with Crippen molar-refractivity contribution in [2.45, 2.75) is 0 Å². The molecule has 28 heavy (non-hydrogen) atoms. The van der Waals surface area contributed by atoms with Crippen molar-refractivity contribution in [1.29, 1.82) is 0 Å². The van der Waals surface area contributed by atoms with Gasteiger partial charge in [-0.3, -0.25) is 4.79 Å². The molecule has 2 heterocycles. The highest BCUT2D eigenvalue weighted by Crippen LogP contribution is 2.26. The van der Waals surface area contributed by atoms with Gasteiger partial charge in [-0.1, -0.05) is 6.07 Å². The number of fused-ring (bicyclic) bond motifs is 1. The number of rotatable bonds is 5. The summed E-state index contributed by atoms with van der Waals surface area (Å²) >= 11 is 0. The second-order valence-electron chi connectivity index (χ2n) is 5.73. The standard InChI is InChI=1S/C21H14O7/c1-24-13-4-2-5-14(10-13)27-19-12-26-18-11-15(7-8-16(18)20(19)22)28-21(23)17-6-3-9-25-17/h2-12H,1H3. The average molecular weight is 378 g/mol. The molecule has 0 aliphatic carbocycles. The Bertz CT molecular complexity index is 1190. The summed E-state index contributed by atoms with van der Waals surface area (Å²) < 4.78 is 26.5. The first-order valence-electron chi connectivity index (χ1n) is 8.27. The first-order chi connectivity index (χ1) is 13.6. The summed E-state index contributed by atoms with van der Waals surface area (Å²) in [5.41, 5.74) is -0.0966. The van der Waals surface area contributed by atoms with E-state index in [1.165, 1.54) is 36.8 Å². The number of esters is 1. The summed E-state index contributed by atoms with van der Waals surface area (Å²) in [7, 11) is 1.54. The van der Waals surface area contributed by atoms with E-state index in [1.807, 2.05) is 0 Å².